The molecule has 0 bridgehead atoms. The van der Waals surface area contributed by atoms with E-state index in [9.17, 15) is 13.2 Å². The first-order chi connectivity index (χ1) is 10.3. The fourth-order valence-electron chi connectivity index (χ4n) is 1.96. The Hall–Kier alpha value is -2.05. The van der Waals surface area contributed by atoms with Crippen molar-refractivity contribution >= 4 is 38.9 Å². The molecular weight excluding hydrogens is 324 g/mol. The van der Waals surface area contributed by atoms with Gasteiger partial charge in [-0.3, -0.25) is 9.52 Å². The molecule has 22 heavy (non-hydrogen) atoms. The molecule has 0 atom stereocenters. The second kappa shape index (κ2) is 6.37. The number of hydrogen-bond donors (Lipinski definition) is 2. The van der Waals surface area contributed by atoms with Crippen LogP contribution >= 0.6 is 11.6 Å². The molecule has 2 aromatic rings. The molecule has 0 saturated carbocycles. The zero-order chi connectivity index (χ0) is 16.3. The van der Waals surface area contributed by atoms with Crippen LogP contribution in [-0.4, -0.2) is 20.6 Å². The SMILES string of the molecule is Cc1c(NS(C)(=O)=O)cccc1C(=O)Nc1cccc(Cl)c1. The number of carbonyl (C=O) groups excluding carboxylic acids is 1. The van der Waals surface area contributed by atoms with Crippen LogP contribution in [0, 0.1) is 6.92 Å². The molecule has 2 aromatic carbocycles. The summed E-state index contributed by atoms with van der Waals surface area (Å²) in [6.45, 7) is 1.68. The van der Waals surface area contributed by atoms with Gasteiger partial charge in [0.1, 0.15) is 0 Å². The van der Waals surface area contributed by atoms with Gasteiger partial charge in [-0.15, -0.1) is 0 Å². The van der Waals surface area contributed by atoms with Gasteiger partial charge in [-0.05, 0) is 42.8 Å². The highest BCUT2D eigenvalue weighted by atomic mass is 35.5. The maximum atomic E-state index is 12.3. The molecular formula is C15H15ClN2O3S. The van der Waals surface area contributed by atoms with Crippen molar-refractivity contribution in [2.45, 2.75) is 6.92 Å². The summed E-state index contributed by atoms with van der Waals surface area (Å²) in [5, 5.41) is 3.25. The predicted molar refractivity (Wildman–Crippen MR) is 89.1 cm³/mol. The van der Waals surface area contributed by atoms with E-state index in [1.807, 2.05) is 0 Å². The molecule has 0 heterocycles. The standard InChI is InChI=1S/C15H15ClN2O3S/c1-10-13(7-4-8-14(10)18-22(2,20)21)15(19)17-12-6-3-5-11(16)9-12/h3-9,18H,1-2H3,(H,17,19). The minimum atomic E-state index is -3.41. The number of amides is 1. The van der Waals surface area contributed by atoms with Crippen LogP contribution in [-0.2, 0) is 10.0 Å². The van der Waals surface area contributed by atoms with Crippen LogP contribution in [0.15, 0.2) is 42.5 Å². The van der Waals surface area contributed by atoms with Crippen molar-refractivity contribution in [3.8, 4) is 0 Å². The van der Waals surface area contributed by atoms with Crippen molar-refractivity contribution in [1.82, 2.24) is 0 Å². The second-order valence-electron chi connectivity index (χ2n) is 4.82. The van der Waals surface area contributed by atoms with E-state index in [0.29, 0.717) is 27.5 Å². The van der Waals surface area contributed by atoms with Gasteiger partial charge >= 0.3 is 0 Å². The van der Waals surface area contributed by atoms with Crippen LogP contribution in [0.1, 0.15) is 15.9 Å². The molecule has 0 aliphatic rings. The first-order valence-electron chi connectivity index (χ1n) is 6.40. The molecule has 0 aliphatic heterocycles. The number of nitrogens with one attached hydrogen (secondary N) is 2. The molecule has 7 heteroatoms. The van der Waals surface area contributed by atoms with E-state index < -0.39 is 10.0 Å². The second-order valence-corrected chi connectivity index (χ2v) is 7.00. The van der Waals surface area contributed by atoms with Gasteiger partial charge in [-0.25, -0.2) is 8.42 Å². The molecule has 5 nitrogen and oxygen atoms in total. The number of rotatable bonds is 4. The minimum Gasteiger partial charge on any atom is -0.322 e. The van der Waals surface area contributed by atoms with Crippen molar-refractivity contribution in [1.29, 1.82) is 0 Å². The van der Waals surface area contributed by atoms with Crippen molar-refractivity contribution in [3.63, 3.8) is 0 Å². The average molecular weight is 339 g/mol. The Morgan fingerprint density at radius 1 is 1.14 bits per heavy atom. The van der Waals surface area contributed by atoms with E-state index in [1.54, 1.807) is 49.4 Å². The van der Waals surface area contributed by atoms with Crippen molar-refractivity contribution < 1.29 is 13.2 Å². The molecule has 0 spiro atoms. The van der Waals surface area contributed by atoms with Crippen LogP contribution in [0.3, 0.4) is 0 Å². The van der Waals surface area contributed by atoms with Crippen molar-refractivity contribution in [2.75, 3.05) is 16.3 Å². The fourth-order valence-corrected chi connectivity index (χ4v) is 2.77. The molecule has 2 rings (SSSR count). The van der Waals surface area contributed by atoms with Crippen molar-refractivity contribution in [2.24, 2.45) is 0 Å². The fraction of sp³-hybridized carbons (Fsp3) is 0.133. The molecule has 0 radical (unpaired) electrons. The lowest BCUT2D eigenvalue weighted by atomic mass is 10.1. The smallest absolute Gasteiger partial charge is 0.256 e. The molecule has 0 aliphatic carbocycles. The Morgan fingerprint density at radius 2 is 1.82 bits per heavy atom. The maximum Gasteiger partial charge on any atom is 0.256 e. The highest BCUT2D eigenvalue weighted by Gasteiger charge is 2.14. The number of sulfonamides is 1. The summed E-state index contributed by atoms with van der Waals surface area (Å²) in [4.78, 5) is 12.3. The van der Waals surface area contributed by atoms with E-state index in [-0.39, 0.29) is 5.91 Å². The quantitative estimate of drug-likeness (QED) is 0.898. The van der Waals surface area contributed by atoms with E-state index >= 15 is 0 Å². The Balaban J connectivity index is 2.28. The Bertz CT molecular complexity index is 819. The monoisotopic (exact) mass is 338 g/mol. The zero-order valence-corrected chi connectivity index (χ0v) is 13.6. The van der Waals surface area contributed by atoms with Gasteiger partial charge in [0.2, 0.25) is 10.0 Å². The van der Waals surface area contributed by atoms with Crippen LogP contribution in [0.25, 0.3) is 0 Å². The van der Waals surface area contributed by atoms with Gasteiger partial charge in [0, 0.05) is 16.3 Å². The summed E-state index contributed by atoms with van der Waals surface area (Å²) in [5.41, 5.74) is 1.88. The lowest BCUT2D eigenvalue weighted by molar-refractivity contribution is 0.102. The number of halogens is 1. The Morgan fingerprint density at radius 3 is 2.45 bits per heavy atom. The molecule has 116 valence electrons. The van der Waals surface area contributed by atoms with Crippen molar-refractivity contribution in [3.05, 3.63) is 58.6 Å². The van der Waals surface area contributed by atoms with Gasteiger partial charge in [0.15, 0.2) is 0 Å². The topological polar surface area (TPSA) is 75.3 Å². The summed E-state index contributed by atoms with van der Waals surface area (Å²) in [6.07, 6.45) is 1.06. The number of anilines is 2. The summed E-state index contributed by atoms with van der Waals surface area (Å²) >= 11 is 5.88. The van der Waals surface area contributed by atoms with E-state index in [1.165, 1.54) is 0 Å². The lowest BCUT2D eigenvalue weighted by Gasteiger charge is -2.12. The average Bonchev–Trinajstić information content (AvgIpc) is 2.39. The number of benzene rings is 2. The van der Waals surface area contributed by atoms with E-state index in [4.69, 9.17) is 11.6 Å². The lowest BCUT2D eigenvalue weighted by Crippen LogP contribution is -2.16. The van der Waals surface area contributed by atoms with Gasteiger partial charge in [-0.2, -0.15) is 0 Å². The predicted octanol–water partition coefficient (Wildman–Crippen LogP) is 3.27. The molecule has 0 aromatic heterocycles. The molecule has 0 saturated heterocycles. The molecule has 2 N–H and O–H groups in total. The molecule has 0 fully saturated rings. The Kier molecular flexibility index (Phi) is 4.73. The normalized spacial score (nSPS) is 11.0. The van der Waals surface area contributed by atoms with Crippen LogP contribution in [0.4, 0.5) is 11.4 Å². The molecule has 1 amide bonds. The van der Waals surface area contributed by atoms with Gasteiger partial charge in [0.25, 0.3) is 5.91 Å². The summed E-state index contributed by atoms with van der Waals surface area (Å²) in [5.74, 6) is -0.336. The van der Waals surface area contributed by atoms with E-state index in [0.717, 1.165) is 6.26 Å². The third-order valence-electron chi connectivity index (χ3n) is 2.96. The highest BCUT2D eigenvalue weighted by molar-refractivity contribution is 7.92. The third kappa shape index (κ3) is 4.22. The van der Waals surface area contributed by atoms with Crippen LogP contribution < -0.4 is 10.0 Å². The first kappa shape index (κ1) is 16.3. The first-order valence-corrected chi connectivity index (χ1v) is 8.67. The molecule has 0 unspecified atom stereocenters. The maximum absolute atomic E-state index is 12.3. The van der Waals surface area contributed by atoms with Gasteiger partial charge < -0.3 is 5.32 Å². The Labute approximate surface area is 134 Å². The van der Waals surface area contributed by atoms with E-state index in [2.05, 4.69) is 10.0 Å². The van der Waals surface area contributed by atoms with Gasteiger partial charge in [-0.1, -0.05) is 23.7 Å². The highest BCUT2D eigenvalue weighted by Crippen LogP contribution is 2.22. The summed E-state index contributed by atoms with van der Waals surface area (Å²) in [6, 6.07) is 11.6. The zero-order valence-electron chi connectivity index (χ0n) is 12.1. The van der Waals surface area contributed by atoms with Crippen LogP contribution in [0.5, 0.6) is 0 Å². The summed E-state index contributed by atoms with van der Waals surface area (Å²) in [7, 11) is -3.41. The largest absolute Gasteiger partial charge is 0.322 e. The van der Waals surface area contributed by atoms with Gasteiger partial charge in [0.05, 0.1) is 11.9 Å². The summed E-state index contributed by atoms with van der Waals surface area (Å²) < 4.78 is 25.1. The number of carbonyl (C=O) groups is 1. The number of hydrogen-bond acceptors (Lipinski definition) is 3. The van der Waals surface area contributed by atoms with Crippen LogP contribution in [0.2, 0.25) is 5.02 Å². The third-order valence-corrected chi connectivity index (χ3v) is 3.78. The minimum absolute atomic E-state index is 0.336.